The van der Waals surface area contributed by atoms with Crippen LogP contribution in [-0.2, 0) is 34.6 Å². The van der Waals surface area contributed by atoms with Crippen molar-refractivity contribution in [2.24, 2.45) is 13.0 Å². The predicted octanol–water partition coefficient (Wildman–Crippen LogP) is 4.81. The van der Waals surface area contributed by atoms with Crippen molar-refractivity contribution in [2.75, 3.05) is 32.0 Å². The molecule has 1 aliphatic heterocycles. The molecule has 5 rings (SSSR count). The van der Waals surface area contributed by atoms with Crippen LogP contribution in [0.15, 0.2) is 29.1 Å². The molecule has 11 nitrogen and oxygen atoms in total. The van der Waals surface area contributed by atoms with Crippen LogP contribution in [0, 0.1) is 5.92 Å². The Labute approximate surface area is 267 Å². The van der Waals surface area contributed by atoms with E-state index in [1.54, 1.807) is 49.9 Å². The molecule has 0 spiro atoms. The Morgan fingerprint density at radius 2 is 1.87 bits per heavy atom. The molecule has 240 valence electrons. The number of ether oxygens (including phenoxy) is 3. The van der Waals surface area contributed by atoms with Gasteiger partial charge in [0.1, 0.15) is 11.9 Å². The number of amides is 2. The number of hydrogen-bond donors (Lipinski definition) is 3. The lowest BCUT2D eigenvalue weighted by atomic mass is 9.95. The zero-order chi connectivity index (χ0) is 32.4. The third-order valence-corrected chi connectivity index (χ3v) is 9.65. The SMILES string of the molecule is CC[C@@H](C)[C@H](Nc1ccc2c(cc1=O)[C@@H](NC(C)=O)CCc1cc(OC)c(OC)c(OC)c1-2)C(=O)Nc1c2c(nn1C)CSC2. The van der Waals surface area contributed by atoms with E-state index in [1.165, 1.54) is 6.92 Å². The van der Waals surface area contributed by atoms with Crippen molar-refractivity contribution in [2.45, 2.75) is 63.6 Å². The zero-order valence-electron chi connectivity index (χ0n) is 26.8. The Balaban J connectivity index is 1.61. The topological polar surface area (TPSA) is 133 Å². The maximum absolute atomic E-state index is 13.9. The highest BCUT2D eigenvalue weighted by Crippen LogP contribution is 2.50. The van der Waals surface area contributed by atoms with E-state index >= 15 is 0 Å². The summed E-state index contributed by atoms with van der Waals surface area (Å²) in [6, 6.07) is 5.90. The Hall–Kier alpha value is -4.19. The molecule has 0 saturated carbocycles. The second kappa shape index (κ2) is 13.4. The molecule has 3 N–H and O–H groups in total. The van der Waals surface area contributed by atoms with Crippen LogP contribution in [0.25, 0.3) is 11.1 Å². The fraction of sp³-hybridized carbons (Fsp3) is 0.455. The van der Waals surface area contributed by atoms with E-state index in [0.717, 1.165) is 39.5 Å². The van der Waals surface area contributed by atoms with Crippen molar-refractivity contribution in [3.63, 3.8) is 0 Å². The van der Waals surface area contributed by atoms with Gasteiger partial charge in [0.05, 0.1) is 38.8 Å². The number of aryl methyl sites for hydroxylation is 2. The summed E-state index contributed by atoms with van der Waals surface area (Å²) in [5.41, 5.74) is 5.08. The van der Waals surface area contributed by atoms with Crippen molar-refractivity contribution in [1.82, 2.24) is 15.1 Å². The number of nitrogens with zero attached hydrogens (tertiary/aromatic N) is 2. The lowest BCUT2D eigenvalue weighted by Crippen LogP contribution is -2.41. The van der Waals surface area contributed by atoms with Gasteiger partial charge in [-0.2, -0.15) is 16.9 Å². The van der Waals surface area contributed by atoms with Crippen LogP contribution in [0.3, 0.4) is 0 Å². The third kappa shape index (κ3) is 6.20. The summed E-state index contributed by atoms with van der Waals surface area (Å²) in [7, 11) is 6.51. The van der Waals surface area contributed by atoms with Crippen molar-refractivity contribution in [3.8, 4) is 28.4 Å². The maximum Gasteiger partial charge on any atom is 0.248 e. The highest BCUT2D eigenvalue weighted by molar-refractivity contribution is 7.98. The molecular formula is C33H41N5O6S. The number of nitrogens with one attached hydrogen (secondary N) is 3. The predicted molar refractivity (Wildman–Crippen MR) is 176 cm³/mol. The third-order valence-electron chi connectivity index (χ3n) is 8.68. The van der Waals surface area contributed by atoms with Gasteiger partial charge in [-0.15, -0.1) is 0 Å². The van der Waals surface area contributed by atoms with Gasteiger partial charge < -0.3 is 30.2 Å². The first kappa shape index (κ1) is 32.2. The largest absolute Gasteiger partial charge is 0.493 e. The average Bonchev–Trinajstić information content (AvgIpc) is 3.50. The fourth-order valence-electron chi connectivity index (χ4n) is 6.19. The van der Waals surface area contributed by atoms with Crippen LogP contribution in [0.5, 0.6) is 17.2 Å². The zero-order valence-corrected chi connectivity index (χ0v) is 27.6. The Bertz CT molecular complexity index is 1690. The number of aromatic nitrogens is 2. The number of hydrogen-bond acceptors (Lipinski definition) is 9. The fourth-order valence-corrected chi connectivity index (χ4v) is 7.22. The lowest BCUT2D eigenvalue weighted by Gasteiger charge is -2.24. The van der Waals surface area contributed by atoms with Gasteiger partial charge in [0.2, 0.25) is 23.0 Å². The molecule has 2 amide bonds. The molecule has 45 heavy (non-hydrogen) atoms. The molecule has 2 aromatic carbocycles. The van der Waals surface area contributed by atoms with Gasteiger partial charge in [-0.05, 0) is 53.6 Å². The maximum atomic E-state index is 13.9. The van der Waals surface area contributed by atoms with Gasteiger partial charge in [0.15, 0.2) is 11.5 Å². The van der Waals surface area contributed by atoms with Crippen molar-refractivity contribution < 1.29 is 23.8 Å². The molecule has 0 bridgehead atoms. The van der Waals surface area contributed by atoms with Gasteiger partial charge in [-0.25, -0.2) is 0 Å². The van der Waals surface area contributed by atoms with E-state index in [0.29, 0.717) is 47.9 Å². The van der Waals surface area contributed by atoms with E-state index in [2.05, 4.69) is 21.0 Å². The lowest BCUT2D eigenvalue weighted by molar-refractivity contribution is -0.120. The number of benzene rings is 1. The van der Waals surface area contributed by atoms with Gasteiger partial charge >= 0.3 is 0 Å². The number of thioether (sulfide) groups is 1. The molecule has 2 heterocycles. The number of fused-ring (bicyclic) bond motifs is 4. The summed E-state index contributed by atoms with van der Waals surface area (Å²) in [4.78, 5) is 40.0. The van der Waals surface area contributed by atoms with Gasteiger partial charge in [-0.1, -0.05) is 26.3 Å². The molecule has 1 aliphatic carbocycles. The standard InChI is InChI=1S/C33H41N5O6S/c1-8-17(2)29(33(41)36-32-22-15-45-16-25(22)37-38(32)4)35-24-12-10-20-21(14-26(24)40)23(34-18(3)39)11-9-19-13-27(42-5)30(43-6)31(44-7)28(19)20/h10,12-14,17,23,29H,8-9,11,15-16H2,1-7H3,(H,34,39)(H,35,40)(H,36,41)/t17-,23+,29+/m1/s1. The van der Waals surface area contributed by atoms with Crippen LogP contribution >= 0.6 is 11.8 Å². The van der Waals surface area contributed by atoms with Crippen LogP contribution in [0.1, 0.15) is 62.0 Å². The van der Waals surface area contributed by atoms with Gasteiger partial charge in [0.25, 0.3) is 0 Å². The Morgan fingerprint density at radius 1 is 1.11 bits per heavy atom. The first-order valence-corrected chi connectivity index (χ1v) is 16.2. The Kier molecular flexibility index (Phi) is 9.62. The molecular weight excluding hydrogens is 594 g/mol. The summed E-state index contributed by atoms with van der Waals surface area (Å²) in [5.74, 6) is 3.21. The van der Waals surface area contributed by atoms with Crippen LogP contribution in [-0.4, -0.2) is 49.0 Å². The average molecular weight is 636 g/mol. The van der Waals surface area contributed by atoms with Crippen molar-refractivity contribution >= 4 is 35.1 Å². The van der Waals surface area contributed by atoms with E-state index in [-0.39, 0.29) is 28.8 Å². The van der Waals surface area contributed by atoms with Crippen LogP contribution < -0.4 is 35.6 Å². The van der Waals surface area contributed by atoms with E-state index in [4.69, 9.17) is 14.2 Å². The van der Waals surface area contributed by atoms with Gasteiger partial charge in [-0.3, -0.25) is 19.1 Å². The molecule has 2 aliphatic rings. The highest BCUT2D eigenvalue weighted by Gasteiger charge is 2.31. The van der Waals surface area contributed by atoms with Crippen molar-refractivity contribution in [3.05, 3.63) is 56.9 Å². The first-order valence-electron chi connectivity index (χ1n) is 15.1. The monoisotopic (exact) mass is 635 g/mol. The second-order valence-electron chi connectivity index (χ2n) is 11.5. The summed E-state index contributed by atoms with van der Waals surface area (Å²) < 4.78 is 18.9. The minimum absolute atomic E-state index is 0.0898. The first-order chi connectivity index (χ1) is 21.6. The number of methoxy groups -OCH3 is 3. The van der Waals surface area contributed by atoms with Gasteiger partial charge in [0, 0.05) is 36.6 Å². The van der Waals surface area contributed by atoms with E-state index in [1.807, 2.05) is 33.0 Å². The molecule has 12 heteroatoms. The smallest absolute Gasteiger partial charge is 0.248 e. The summed E-state index contributed by atoms with van der Waals surface area (Å²) in [6.07, 6.45) is 1.86. The summed E-state index contributed by atoms with van der Waals surface area (Å²) in [6.45, 7) is 5.46. The quantitative estimate of drug-likeness (QED) is 0.287. The number of carbonyl (C=O) groups is 2. The molecule has 0 radical (unpaired) electrons. The molecule has 3 aromatic rings. The van der Waals surface area contributed by atoms with E-state index < -0.39 is 12.1 Å². The number of rotatable bonds is 10. The van der Waals surface area contributed by atoms with Crippen molar-refractivity contribution in [1.29, 1.82) is 0 Å². The molecule has 3 atom stereocenters. The molecule has 1 aromatic heterocycles. The summed E-state index contributed by atoms with van der Waals surface area (Å²) in [5, 5.41) is 14.0. The molecule has 0 saturated heterocycles. The minimum atomic E-state index is -0.693. The van der Waals surface area contributed by atoms with Crippen LogP contribution in [0.2, 0.25) is 0 Å². The summed E-state index contributed by atoms with van der Waals surface area (Å²) >= 11 is 1.77. The highest BCUT2D eigenvalue weighted by atomic mass is 32.2. The van der Waals surface area contributed by atoms with Crippen LogP contribution in [0.4, 0.5) is 11.5 Å². The normalized spacial score (nSPS) is 16.3. The number of carbonyl (C=O) groups excluding carboxylic acids is 2. The second-order valence-corrected chi connectivity index (χ2v) is 12.5. The molecule has 0 unspecified atom stereocenters. The van der Waals surface area contributed by atoms with E-state index in [9.17, 15) is 14.4 Å². The molecule has 0 fully saturated rings. The Morgan fingerprint density at radius 3 is 2.53 bits per heavy atom. The number of anilines is 2. The minimum Gasteiger partial charge on any atom is -0.493 e.